The summed E-state index contributed by atoms with van der Waals surface area (Å²) in [6, 6.07) is 22.8. The molecule has 2 bridgehead atoms. The third-order valence-corrected chi connectivity index (χ3v) is 8.94. The van der Waals surface area contributed by atoms with E-state index in [0.717, 1.165) is 46.3 Å². The second-order valence-corrected chi connectivity index (χ2v) is 11.8. The fourth-order valence-electron chi connectivity index (χ4n) is 6.55. The Morgan fingerprint density at radius 1 is 1.03 bits per heavy atom. The van der Waals surface area contributed by atoms with Crippen molar-refractivity contribution in [2.75, 3.05) is 7.05 Å². The highest BCUT2D eigenvalue weighted by Gasteiger charge is 2.39. The normalized spacial score (nSPS) is 21.9. The number of hydrogen-bond acceptors (Lipinski definition) is 4. The van der Waals surface area contributed by atoms with Crippen LogP contribution in [0, 0.1) is 5.92 Å². The molecule has 0 saturated carbocycles. The first-order valence-electron chi connectivity index (χ1n) is 13.9. The lowest BCUT2D eigenvalue weighted by atomic mass is 9.95. The molecule has 2 saturated heterocycles. The van der Waals surface area contributed by atoms with Crippen LogP contribution >= 0.6 is 11.6 Å². The summed E-state index contributed by atoms with van der Waals surface area (Å²) in [6.07, 6.45) is 4.96. The number of primary amides is 1. The molecule has 6 nitrogen and oxygen atoms in total. The minimum absolute atomic E-state index is 0.0863. The maximum Gasteiger partial charge on any atom is 0.248 e. The Morgan fingerprint density at radius 2 is 1.72 bits per heavy atom. The van der Waals surface area contributed by atoms with Gasteiger partial charge in [-0.15, -0.1) is 0 Å². The zero-order valence-electron chi connectivity index (χ0n) is 22.7. The molecule has 202 valence electrons. The summed E-state index contributed by atoms with van der Waals surface area (Å²) in [6.45, 7) is 4.33. The van der Waals surface area contributed by atoms with E-state index in [9.17, 15) is 4.79 Å². The molecular formula is C32H35ClN4O2. The van der Waals surface area contributed by atoms with Crippen molar-refractivity contribution >= 4 is 28.4 Å². The minimum Gasteiger partial charge on any atom is -0.490 e. The highest BCUT2D eigenvalue weighted by Crippen LogP contribution is 2.39. The third-order valence-electron chi connectivity index (χ3n) is 8.60. The van der Waals surface area contributed by atoms with Crippen LogP contribution in [0.5, 0.6) is 5.75 Å². The summed E-state index contributed by atoms with van der Waals surface area (Å²) in [5.41, 5.74) is 9.81. The zero-order valence-corrected chi connectivity index (χ0v) is 23.4. The number of piperidine rings is 1. The van der Waals surface area contributed by atoms with E-state index in [1.54, 1.807) is 6.07 Å². The number of carbonyl (C=O) groups excluding carboxylic acids is 1. The molecule has 2 fully saturated rings. The highest BCUT2D eigenvalue weighted by atomic mass is 35.5. The van der Waals surface area contributed by atoms with E-state index >= 15 is 0 Å². The number of benzene rings is 3. The molecule has 2 aliphatic heterocycles. The number of halogens is 1. The molecule has 0 spiro atoms. The summed E-state index contributed by atoms with van der Waals surface area (Å²) in [4.78, 5) is 14.6. The standard InChI is InChI=1S/C32H35ClN4O2/c1-19(2)31(26-6-4-5-7-28(26)33)37-29-15-10-21(32(34)38)16-27(29)30(35-37)20-8-13-24(14-9-20)39-25-17-22-11-12-23(18-25)36(22)3/h4-10,13-16,19,22-23,25,31H,11-12,17-18H2,1-3H3,(H2,34,38)/t22?,23?,25?,31-/m0/s1. The molecule has 0 radical (unpaired) electrons. The molecule has 0 aliphatic carbocycles. The number of carbonyl (C=O) groups is 1. The van der Waals surface area contributed by atoms with E-state index in [1.807, 2.05) is 47.1 Å². The molecule has 2 unspecified atom stereocenters. The van der Waals surface area contributed by atoms with Crippen molar-refractivity contribution in [2.24, 2.45) is 11.7 Å². The second-order valence-electron chi connectivity index (χ2n) is 11.4. The summed E-state index contributed by atoms with van der Waals surface area (Å²) >= 11 is 6.66. The van der Waals surface area contributed by atoms with Gasteiger partial charge in [0.1, 0.15) is 17.5 Å². The topological polar surface area (TPSA) is 73.4 Å². The highest BCUT2D eigenvalue weighted by molar-refractivity contribution is 6.31. The molecule has 1 amide bonds. The van der Waals surface area contributed by atoms with Crippen molar-refractivity contribution in [1.82, 2.24) is 14.7 Å². The first kappa shape index (κ1) is 25.9. The Hall–Kier alpha value is -3.35. The molecule has 3 heterocycles. The van der Waals surface area contributed by atoms with Crippen molar-refractivity contribution in [1.29, 1.82) is 0 Å². The van der Waals surface area contributed by atoms with Gasteiger partial charge in [-0.1, -0.05) is 43.6 Å². The number of aromatic nitrogens is 2. The third kappa shape index (κ3) is 4.81. The Bertz CT molecular complexity index is 1500. The fraction of sp³-hybridized carbons (Fsp3) is 0.375. The van der Waals surface area contributed by atoms with E-state index in [0.29, 0.717) is 22.7 Å². The smallest absolute Gasteiger partial charge is 0.248 e. The van der Waals surface area contributed by atoms with Crippen molar-refractivity contribution < 1.29 is 9.53 Å². The Morgan fingerprint density at radius 3 is 2.36 bits per heavy atom. The maximum atomic E-state index is 12.1. The zero-order chi connectivity index (χ0) is 27.3. The number of fused-ring (bicyclic) bond motifs is 3. The van der Waals surface area contributed by atoms with Gasteiger partial charge in [0.25, 0.3) is 0 Å². The fourth-order valence-corrected chi connectivity index (χ4v) is 6.80. The SMILES string of the molecule is CC(C)[C@@H](c1ccccc1Cl)n1nc(-c2ccc(OC3CC4CCC(C3)N4C)cc2)c2cc(C(N)=O)ccc21. The van der Waals surface area contributed by atoms with Crippen molar-refractivity contribution in [2.45, 2.75) is 63.8 Å². The Balaban J connectivity index is 1.37. The van der Waals surface area contributed by atoms with Gasteiger partial charge in [-0.3, -0.25) is 9.48 Å². The number of nitrogens with zero attached hydrogens (tertiary/aromatic N) is 3. The monoisotopic (exact) mass is 542 g/mol. The number of hydrogen-bond donors (Lipinski definition) is 1. The average Bonchev–Trinajstić information content (AvgIpc) is 3.36. The molecule has 3 atom stereocenters. The van der Waals surface area contributed by atoms with Crippen LogP contribution in [-0.2, 0) is 0 Å². The van der Waals surface area contributed by atoms with Crippen LogP contribution in [0.1, 0.15) is 61.5 Å². The molecule has 7 heteroatoms. The molecule has 2 N–H and O–H groups in total. The molecule has 3 aromatic carbocycles. The van der Waals surface area contributed by atoms with E-state index in [2.05, 4.69) is 44.0 Å². The lowest BCUT2D eigenvalue weighted by Gasteiger charge is -2.36. The lowest BCUT2D eigenvalue weighted by Crippen LogP contribution is -2.43. The minimum atomic E-state index is -0.460. The number of amides is 1. The summed E-state index contributed by atoms with van der Waals surface area (Å²) < 4.78 is 8.47. The van der Waals surface area contributed by atoms with Gasteiger partial charge in [0.15, 0.2) is 0 Å². The van der Waals surface area contributed by atoms with Gasteiger partial charge in [-0.25, -0.2) is 0 Å². The van der Waals surface area contributed by atoms with Gasteiger partial charge in [0.05, 0.1) is 11.6 Å². The van der Waals surface area contributed by atoms with Crippen molar-refractivity contribution in [3.05, 3.63) is 82.9 Å². The van der Waals surface area contributed by atoms with Crippen LogP contribution in [-0.4, -0.2) is 45.8 Å². The van der Waals surface area contributed by atoms with Gasteiger partial charge >= 0.3 is 0 Å². The van der Waals surface area contributed by atoms with Crippen LogP contribution in [0.4, 0.5) is 0 Å². The number of nitrogens with two attached hydrogens (primary N) is 1. The Kier molecular flexibility index (Phi) is 6.86. The van der Waals surface area contributed by atoms with E-state index < -0.39 is 5.91 Å². The largest absolute Gasteiger partial charge is 0.490 e. The van der Waals surface area contributed by atoms with Crippen molar-refractivity contribution in [3.8, 4) is 17.0 Å². The first-order valence-corrected chi connectivity index (χ1v) is 14.2. The van der Waals surface area contributed by atoms with Crippen LogP contribution in [0.15, 0.2) is 66.7 Å². The molecule has 4 aromatic rings. The number of rotatable bonds is 7. The van der Waals surface area contributed by atoms with Crippen LogP contribution in [0.2, 0.25) is 5.02 Å². The first-order chi connectivity index (χ1) is 18.8. The summed E-state index contributed by atoms with van der Waals surface area (Å²) in [7, 11) is 2.25. The summed E-state index contributed by atoms with van der Waals surface area (Å²) in [5.74, 6) is 0.639. The lowest BCUT2D eigenvalue weighted by molar-refractivity contribution is 0.0662. The predicted octanol–water partition coefficient (Wildman–Crippen LogP) is 6.71. The maximum absolute atomic E-state index is 12.1. The van der Waals surface area contributed by atoms with Crippen LogP contribution in [0.25, 0.3) is 22.2 Å². The molecule has 2 aliphatic rings. The average molecular weight is 543 g/mol. The van der Waals surface area contributed by atoms with Gasteiger partial charge in [0.2, 0.25) is 5.91 Å². The van der Waals surface area contributed by atoms with Crippen LogP contribution < -0.4 is 10.5 Å². The number of ether oxygens (including phenoxy) is 1. The van der Waals surface area contributed by atoms with Gasteiger partial charge in [-0.2, -0.15) is 5.10 Å². The summed E-state index contributed by atoms with van der Waals surface area (Å²) in [5, 5.41) is 6.73. The second kappa shape index (κ2) is 10.3. The van der Waals surface area contributed by atoms with Gasteiger partial charge in [-0.05, 0) is 92.7 Å². The van der Waals surface area contributed by atoms with Gasteiger partial charge in [0, 0.05) is 33.6 Å². The van der Waals surface area contributed by atoms with Crippen LogP contribution in [0.3, 0.4) is 0 Å². The molecule has 6 rings (SSSR count). The quantitative estimate of drug-likeness (QED) is 0.282. The Labute approximate surface area is 234 Å². The van der Waals surface area contributed by atoms with E-state index in [-0.39, 0.29) is 18.1 Å². The van der Waals surface area contributed by atoms with E-state index in [4.69, 9.17) is 27.2 Å². The predicted molar refractivity (Wildman–Crippen MR) is 156 cm³/mol. The molecule has 39 heavy (non-hydrogen) atoms. The van der Waals surface area contributed by atoms with E-state index in [1.165, 1.54) is 12.8 Å². The van der Waals surface area contributed by atoms with Gasteiger partial charge < -0.3 is 15.4 Å². The molecule has 1 aromatic heterocycles. The van der Waals surface area contributed by atoms with Crippen molar-refractivity contribution in [3.63, 3.8) is 0 Å². The molecular weight excluding hydrogens is 508 g/mol.